The fourth-order valence-corrected chi connectivity index (χ4v) is 13.7. The van der Waals surface area contributed by atoms with Crippen LogP contribution >= 0.6 is 0 Å². The maximum absolute atomic E-state index is 16.0. The number of carbonyl (C=O) groups is 10. The number of hydrogen-bond donors (Lipinski definition) is 6. The van der Waals surface area contributed by atoms with Crippen molar-refractivity contribution in [2.75, 3.05) is 60.2 Å². The lowest BCUT2D eigenvalue weighted by atomic mass is 9.84. The van der Waals surface area contributed by atoms with Crippen LogP contribution in [-0.2, 0) is 101 Å². The molecular formula is C76H95FN10O15. The van der Waals surface area contributed by atoms with E-state index in [4.69, 9.17) is 18.9 Å². The van der Waals surface area contributed by atoms with Crippen molar-refractivity contribution in [2.45, 2.75) is 171 Å². The minimum atomic E-state index is -1.68. The van der Waals surface area contributed by atoms with Crippen molar-refractivity contribution in [3.05, 3.63) is 162 Å². The molecule has 26 heteroatoms. The number of alkyl carbamates (subject to hydrolysis) is 1. The molecule has 5 aromatic rings. The van der Waals surface area contributed by atoms with Crippen LogP contribution in [0.1, 0.15) is 118 Å². The molecule has 9 amide bonds. The number of likely N-dealkylation sites (tertiary alicyclic amines) is 1. The van der Waals surface area contributed by atoms with Crippen LogP contribution in [0.25, 0.3) is 10.9 Å². The van der Waals surface area contributed by atoms with E-state index < -0.39 is 126 Å². The largest absolute Gasteiger partial charge is 0.497 e. The smallest absolute Gasteiger partial charge is 0.408 e. The van der Waals surface area contributed by atoms with Crippen LogP contribution in [0.3, 0.4) is 0 Å². The van der Waals surface area contributed by atoms with Gasteiger partial charge in [-0.15, -0.1) is 13.2 Å². The van der Waals surface area contributed by atoms with E-state index in [1.54, 1.807) is 110 Å². The summed E-state index contributed by atoms with van der Waals surface area (Å²) in [4.78, 5) is 150. The average Bonchev–Trinajstić information content (AvgIpc) is 1.60. The molecule has 5 heterocycles. The maximum atomic E-state index is 16.0. The second-order valence-electron chi connectivity index (χ2n) is 27.4. The molecule has 6 bridgehead atoms. The minimum Gasteiger partial charge on any atom is -0.497 e. The molecule has 1 unspecified atom stereocenters. The number of hydrogen-bond acceptors (Lipinski definition) is 15. The number of allylic oxidation sites excluding steroid dienone is 2. The highest BCUT2D eigenvalue weighted by molar-refractivity contribution is 6.00. The van der Waals surface area contributed by atoms with Gasteiger partial charge in [-0.3, -0.25) is 43.2 Å². The van der Waals surface area contributed by atoms with Gasteiger partial charge < -0.3 is 74.9 Å². The summed E-state index contributed by atoms with van der Waals surface area (Å²) >= 11 is 0. The van der Waals surface area contributed by atoms with Crippen LogP contribution in [0.15, 0.2) is 123 Å². The summed E-state index contributed by atoms with van der Waals surface area (Å²) in [5.74, 6) is -6.90. The summed E-state index contributed by atoms with van der Waals surface area (Å²) in [5, 5.41) is 17.8. The van der Waals surface area contributed by atoms with Gasteiger partial charge >= 0.3 is 12.1 Å². The Hall–Kier alpha value is -9.95. The third-order valence-corrected chi connectivity index (χ3v) is 19.0. The fraction of sp³-hybridized carbons (Fsp3) is 0.474. The molecule has 102 heavy (non-hydrogen) atoms. The maximum Gasteiger partial charge on any atom is 0.408 e. The molecule has 4 aromatic carbocycles. The third-order valence-electron chi connectivity index (χ3n) is 19.0. The first-order valence-electron chi connectivity index (χ1n) is 34.8. The molecule has 9 rings (SSSR count). The topological polar surface area (TPSA) is 304 Å². The van der Waals surface area contributed by atoms with Gasteiger partial charge in [0.1, 0.15) is 59.5 Å². The number of rotatable bonds is 26. The normalized spacial score (nSPS) is 21.2. The highest BCUT2D eigenvalue weighted by atomic mass is 19.1. The number of ether oxygens (including phenoxy) is 5. The number of methoxy groups -OCH3 is 2. The van der Waals surface area contributed by atoms with E-state index in [0.29, 0.717) is 59.3 Å². The summed E-state index contributed by atoms with van der Waals surface area (Å²) in [7, 11) is 2.81. The number of aromatic nitrogens is 1. The number of amides is 9. The molecule has 0 radical (unpaired) electrons. The van der Waals surface area contributed by atoms with Crippen LogP contribution in [0.5, 0.6) is 5.75 Å². The third kappa shape index (κ3) is 19.8. The van der Waals surface area contributed by atoms with E-state index in [2.05, 4.69) is 49.8 Å². The summed E-state index contributed by atoms with van der Waals surface area (Å²) in [6.07, 6.45) is 5.11. The molecule has 1 aromatic heterocycles. The molecule has 8 atom stereocenters. The van der Waals surface area contributed by atoms with E-state index in [1.165, 1.54) is 36.2 Å². The molecule has 4 aliphatic heterocycles. The van der Waals surface area contributed by atoms with E-state index >= 15 is 28.4 Å². The lowest BCUT2D eigenvalue weighted by Gasteiger charge is -2.37. The van der Waals surface area contributed by atoms with E-state index in [9.17, 15) is 24.0 Å². The molecule has 4 aliphatic rings. The van der Waals surface area contributed by atoms with Gasteiger partial charge in [0.15, 0.2) is 0 Å². The molecule has 0 saturated carbocycles. The Morgan fingerprint density at radius 1 is 0.873 bits per heavy atom. The number of unbranched alkanes of at least 4 members (excludes halogenated alkanes) is 1. The second kappa shape index (κ2) is 35.1. The summed E-state index contributed by atoms with van der Waals surface area (Å²) in [5.41, 5.74) is 1.97. The number of halogens is 1. The van der Waals surface area contributed by atoms with E-state index in [-0.39, 0.29) is 95.9 Å². The Balaban J connectivity index is 1.02. The number of nitrogens with zero attached hydrogens (tertiary/aromatic N) is 4. The van der Waals surface area contributed by atoms with Crippen molar-refractivity contribution in [1.29, 1.82) is 0 Å². The Kier molecular flexibility index (Phi) is 26.2. The molecule has 3 saturated heterocycles. The predicted octanol–water partition coefficient (Wildman–Crippen LogP) is 5.92. The lowest BCUT2D eigenvalue weighted by Crippen LogP contribution is -2.62. The van der Waals surface area contributed by atoms with Gasteiger partial charge in [0.05, 0.1) is 46.4 Å². The molecule has 0 aliphatic carbocycles. The Morgan fingerprint density at radius 2 is 1.61 bits per heavy atom. The Bertz CT molecular complexity index is 3870. The summed E-state index contributed by atoms with van der Waals surface area (Å²) in [6, 6.07) is 18.0. The minimum absolute atomic E-state index is 0.0316. The van der Waals surface area contributed by atoms with Crippen LogP contribution < -0.4 is 36.6 Å². The molecule has 25 nitrogen and oxygen atoms in total. The second-order valence-corrected chi connectivity index (χ2v) is 27.4. The van der Waals surface area contributed by atoms with Gasteiger partial charge in [-0.2, -0.15) is 0 Å². The van der Waals surface area contributed by atoms with E-state index in [0.717, 1.165) is 24.0 Å². The van der Waals surface area contributed by atoms with Crippen molar-refractivity contribution < 1.29 is 76.0 Å². The molecular weight excluding hydrogens is 1310 g/mol. The number of fused-ring (bicyclic) bond motifs is 4. The monoisotopic (exact) mass is 1410 g/mol. The SMILES string of the molecule is C=CCCCN(Cc1ccc(CCNC(=O)[C@]2(C)CCCN2C(=O)[C@H](Cc2ccc(OC)cc2)NC(=O)[C@@H]2CC(c3cn(CC=C)c4ccc(F)cc34)[C@@H]3NC(=O)[C@@H](NC(=O)OC(C)(C)C)Cc4cccc(c4)CNC(=O)CO[C@H]4CCN(C3=O)[C@@H]4C(=O)N2)cc1)C(=O)CCOCCC(=O)OC. The lowest BCUT2D eigenvalue weighted by molar-refractivity contribution is -0.147. The number of benzene rings is 4. The van der Waals surface area contributed by atoms with Gasteiger partial charge in [-0.25, -0.2) is 9.18 Å². The summed E-state index contributed by atoms with van der Waals surface area (Å²) in [6.45, 7) is 15.5. The molecule has 0 spiro atoms. The van der Waals surface area contributed by atoms with Crippen LogP contribution in [-0.4, -0.2) is 186 Å². The van der Waals surface area contributed by atoms with Gasteiger partial charge in [0.25, 0.3) is 0 Å². The van der Waals surface area contributed by atoms with Crippen molar-refractivity contribution in [1.82, 2.24) is 51.2 Å². The van der Waals surface area contributed by atoms with Crippen molar-refractivity contribution >= 4 is 70.2 Å². The van der Waals surface area contributed by atoms with Gasteiger partial charge in [0, 0.05) is 81.7 Å². The van der Waals surface area contributed by atoms with Crippen molar-refractivity contribution in [3.8, 4) is 5.75 Å². The summed E-state index contributed by atoms with van der Waals surface area (Å²) < 4.78 is 45.1. The predicted molar refractivity (Wildman–Crippen MR) is 376 cm³/mol. The standard InChI is InChI=1S/C76H95FN10O15/c1-9-11-12-34-85(64(89)29-37-100-38-30-65(90)99-8)45-50-19-17-48(18-20-50)27-32-78-73(96)76(6)31-14-35-87(76)71(94)60(40-49-21-24-54(98-7)25-22-49)81-68(91)59-43-56(57-46-84(33-10-2)61-26-23-53(77)42-55(57)61)66-72(95)86-36-28-62(67(86)70(93)80-59)101-47-63(88)79-44-52-16-13-15-51(39-52)41-58(69(92)83-66)82-74(97)102-75(3,4)5/h9-10,13,15-26,39,42,46,56,58-60,62,66-67H,1-2,11-12,14,27-38,40-41,43-45,47H2,3-8H3,(H,78,96)(H,79,88)(H,80,93)(H,81,91)(H,82,97)(H,83,92)/t56?,58-,59-,60-,62-,66-,67-,76-/m0/s1. The molecule has 3 fully saturated rings. The zero-order valence-corrected chi connectivity index (χ0v) is 59.0. The van der Waals surface area contributed by atoms with Gasteiger partial charge in [-0.05, 0) is 136 Å². The first-order chi connectivity index (χ1) is 48.9. The zero-order valence-electron chi connectivity index (χ0n) is 59.0. The highest BCUT2D eigenvalue weighted by Crippen LogP contribution is 2.38. The number of carbonyl (C=O) groups excluding carboxylic acids is 10. The van der Waals surface area contributed by atoms with Crippen molar-refractivity contribution in [2.24, 2.45) is 0 Å². The fourth-order valence-electron chi connectivity index (χ4n) is 13.7. The highest BCUT2D eigenvalue weighted by Gasteiger charge is 2.52. The van der Waals surface area contributed by atoms with Gasteiger partial charge in [0.2, 0.25) is 47.3 Å². The Morgan fingerprint density at radius 3 is 2.33 bits per heavy atom. The average molecular weight is 1410 g/mol. The Labute approximate surface area is 593 Å². The molecule has 546 valence electrons. The van der Waals surface area contributed by atoms with Crippen molar-refractivity contribution in [3.63, 3.8) is 0 Å². The van der Waals surface area contributed by atoms with E-state index in [1.807, 2.05) is 24.3 Å². The number of nitrogens with one attached hydrogen (secondary N) is 6. The van der Waals surface area contributed by atoms with Crippen LogP contribution in [0, 0.1) is 5.82 Å². The molecule has 6 N–H and O–H groups in total. The first-order valence-corrected chi connectivity index (χ1v) is 34.8. The quantitative estimate of drug-likeness (QED) is 0.0213. The van der Waals surface area contributed by atoms with Crippen LogP contribution in [0.4, 0.5) is 9.18 Å². The first kappa shape index (κ1) is 76.2. The van der Waals surface area contributed by atoms with Crippen LogP contribution in [0.2, 0.25) is 0 Å². The number of esters is 1. The zero-order chi connectivity index (χ0) is 73.3. The van der Waals surface area contributed by atoms with Gasteiger partial charge in [-0.1, -0.05) is 72.8 Å².